The van der Waals surface area contributed by atoms with Crippen LogP contribution in [0.15, 0.2) is 42.5 Å². The van der Waals surface area contributed by atoms with Gasteiger partial charge in [-0.1, -0.05) is 41.4 Å². The topological polar surface area (TPSA) is 67.4 Å². The van der Waals surface area contributed by atoms with Gasteiger partial charge in [0.15, 0.2) is 0 Å². The summed E-state index contributed by atoms with van der Waals surface area (Å²) >= 11 is 12.6. The van der Waals surface area contributed by atoms with Crippen molar-refractivity contribution in [3.05, 3.63) is 63.6 Å². The van der Waals surface area contributed by atoms with Crippen molar-refractivity contribution in [3.8, 4) is 0 Å². The molecule has 3 unspecified atom stereocenters. The Morgan fingerprint density at radius 1 is 1.11 bits per heavy atom. The van der Waals surface area contributed by atoms with Crippen LogP contribution in [0.4, 0.5) is 5.69 Å². The third-order valence-electron chi connectivity index (χ3n) is 5.54. The highest BCUT2D eigenvalue weighted by Gasteiger charge is 2.60. The molecule has 0 bridgehead atoms. The molecule has 2 amide bonds. The molecule has 0 aromatic heterocycles. The van der Waals surface area contributed by atoms with Gasteiger partial charge in [0, 0.05) is 47.3 Å². The molecule has 1 fully saturated rings. The molecule has 3 atom stereocenters. The van der Waals surface area contributed by atoms with Crippen LogP contribution >= 0.6 is 23.2 Å². The third-order valence-corrected chi connectivity index (χ3v) is 6.11. The monoisotopic (exact) mass is 404 g/mol. The molecule has 0 radical (unpaired) electrons. The van der Waals surface area contributed by atoms with Crippen molar-refractivity contribution in [2.24, 2.45) is 0 Å². The van der Waals surface area contributed by atoms with Gasteiger partial charge in [-0.2, -0.15) is 0 Å². The normalized spacial score (nSPS) is 27.1. The predicted octanol–water partition coefficient (Wildman–Crippen LogP) is 3.50. The molecule has 1 spiro atoms. The number of carbonyl (C=O) groups excluding carboxylic acids is 2. The van der Waals surface area contributed by atoms with Crippen molar-refractivity contribution in [1.82, 2.24) is 5.32 Å². The average molecular weight is 405 g/mol. The Labute approximate surface area is 167 Å². The number of fused-ring (bicyclic) bond motifs is 2. The summed E-state index contributed by atoms with van der Waals surface area (Å²) in [5.74, 6) is -0.806. The zero-order valence-corrected chi connectivity index (χ0v) is 16.1. The fourth-order valence-electron chi connectivity index (χ4n) is 4.38. The van der Waals surface area contributed by atoms with E-state index in [2.05, 4.69) is 10.6 Å². The average Bonchev–Trinajstić information content (AvgIpc) is 2.85. The maximum absolute atomic E-state index is 13.4. The number of carbonyl (C=O) groups is 2. The molecule has 0 saturated carbocycles. The number of methoxy groups -OCH3 is 1. The standard InChI is InChI=1S/C20H18Cl2N2O3/c1-27-16-10-23-17(25)9-13(11-5-7-12(21)8-6-11)20(16)18-14(22)3-2-4-15(18)24-19(20)26/h2-8,13,16H,9-10H2,1H3,(H,23,25)(H,24,26). The molecule has 1 saturated heterocycles. The lowest BCUT2D eigenvalue weighted by molar-refractivity contribution is -0.127. The molecule has 2 aliphatic heterocycles. The molecular formula is C20H18Cl2N2O3. The lowest BCUT2D eigenvalue weighted by Gasteiger charge is -2.39. The molecule has 4 rings (SSSR count). The molecule has 2 aliphatic rings. The Morgan fingerprint density at radius 2 is 1.85 bits per heavy atom. The van der Waals surface area contributed by atoms with Crippen LogP contribution in [0.2, 0.25) is 10.0 Å². The van der Waals surface area contributed by atoms with Crippen LogP contribution in [0.3, 0.4) is 0 Å². The molecule has 0 aliphatic carbocycles. The minimum Gasteiger partial charge on any atom is -0.378 e. The zero-order chi connectivity index (χ0) is 19.2. The highest BCUT2D eigenvalue weighted by atomic mass is 35.5. The van der Waals surface area contributed by atoms with E-state index in [0.29, 0.717) is 21.3 Å². The van der Waals surface area contributed by atoms with Gasteiger partial charge in [-0.05, 0) is 29.8 Å². The number of anilines is 1. The lowest BCUT2D eigenvalue weighted by atomic mass is 9.64. The molecule has 5 nitrogen and oxygen atoms in total. The second kappa shape index (κ2) is 6.82. The van der Waals surface area contributed by atoms with Crippen molar-refractivity contribution in [1.29, 1.82) is 0 Å². The largest absolute Gasteiger partial charge is 0.378 e. The number of rotatable bonds is 2. The lowest BCUT2D eigenvalue weighted by Crippen LogP contribution is -2.52. The fraction of sp³-hybridized carbons (Fsp3) is 0.300. The van der Waals surface area contributed by atoms with Crippen LogP contribution in [0, 0.1) is 0 Å². The third kappa shape index (κ3) is 2.73. The van der Waals surface area contributed by atoms with Gasteiger partial charge in [-0.3, -0.25) is 9.59 Å². The maximum Gasteiger partial charge on any atom is 0.238 e. The molecule has 2 N–H and O–H groups in total. The second-order valence-corrected chi connectivity index (χ2v) is 7.67. The Bertz CT molecular complexity index is 916. The van der Waals surface area contributed by atoms with Gasteiger partial charge in [0.2, 0.25) is 11.8 Å². The predicted molar refractivity (Wildman–Crippen MR) is 104 cm³/mol. The first-order valence-corrected chi connectivity index (χ1v) is 9.39. The van der Waals surface area contributed by atoms with Crippen LogP contribution in [-0.2, 0) is 19.7 Å². The van der Waals surface area contributed by atoms with Gasteiger partial charge in [0.05, 0.1) is 6.10 Å². The first-order chi connectivity index (χ1) is 13.0. The molecule has 7 heteroatoms. The SMILES string of the molecule is COC1CNC(=O)CC(c2ccc(Cl)cc2)C12C(=O)Nc1cccc(Cl)c12. The van der Waals surface area contributed by atoms with Crippen molar-refractivity contribution in [2.45, 2.75) is 23.9 Å². The van der Waals surface area contributed by atoms with E-state index in [0.717, 1.165) is 5.56 Å². The Morgan fingerprint density at radius 3 is 2.56 bits per heavy atom. The molecule has 2 heterocycles. The van der Waals surface area contributed by atoms with E-state index in [1.807, 2.05) is 18.2 Å². The summed E-state index contributed by atoms with van der Waals surface area (Å²) in [4.78, 5) is 25.9. The Kier molecular flexibility index (Phi) is 4.62. The fourth-order valence-corrected chi connectivity index (χ4v) is 4.84. The first-order valence-electron chi connectivity index (χ1n) is 8.64. The van der Waals surface area contributed by atoms with Crippen LogP contribution in [0.5, 0.6) is 0 Å². The van der Waals surface area contributed by atoms with Crippen LogP contribution in [0.25, 0.3) is 0 Å². The number of ether oxygens (including phenoxy) is 1. The Balaban J connectivity index is 2.01. The summed E-state index contributed by atoms with van der Waals surface area (Å²) in [5, 5.41) is 6.87. The number of halogens is 2. The Hall–Kier alpha value is -2.08. The summed E-state index contributed by atoms with van der Waals surface area (Å²) in [6.45, 7) is 0.220. The highest BCUT2D eigenvalue weighted by molar-refractivity contribution is 6.33. The van der Waals surface area contributed by atoms with Crippen LogP contribution in [0.1, 0.15) is 23.5 Å². The van der Waals surface area contributed by atoms with Crippen molar-refractivity contribution >= 4 is 40.7 Å². The summed E-state index contributed by atoms with van der Waals surface area (Å²) in [5.41, 5.74) is 1.04. The maximum atomic E-state index is 13.4. The van der Waals surface area contributed by atoms with Crippen molar-refractivity contribution < 1.29 is 14.3 Å². The van der Waals surface area contributed by atoms with Crippen molar-refractivity contribution in [2.75, 3.05) is 19.0 Å². The summed E-state index contributed by atoms with van der Waals surface area (Å²) in [7, 11) is 1.55. The molecule has 27 heavy (non-hydrogen) atoms. The van der Waals surface area contributed by atoms with E-state index in [1.165, 1.54) is 0 Å². The number of hydrogen-bond acceptors (Lipinski definition) is 3. The molecule has 140 valence electrons. The van der Waals surface area contributed by atoms with E-state index < -0.39 is 17.4 Å². The van der Waals surface area contributed by atoms with Gasteiger partial charge in [-0.15, -0.1) is 0 Å². The van der Waals surface area contributed by atoms with E-state index in [-0.39, 0.29) is 24.8 Å². The van der Waals surface area contributed by atoms with Gasteiger partial charge in [0.1, 0.15) is 5.41 Å². The first kappa shape index (κ1) is 18.3. The van der Waals surface area contributed by atoms with Crippen molar-refractivity contribution in [3.63, 3.8) is 0 Å². The summed E-state index contributed by atoms with van der Waals surface area (Å²) in [6, 6.07) is 12.6. The summed E-state index contributed by atoms with van der Waals surface area (Å²) in [6.07, 6.45) is -0.440. The van der Waals surface area contributed by atoms with Gasteiger partial charge in [-0.25, -0.2) is 0 Å². The number of amides is 2. The number of nitrogens with one attached hydrogen (secondary N) is 2. The quantitative estimate of drug-likeness (QED) is 0.804. The molecule has 2 aromatic carbocycles. The van der Waals surface area contributed by atoms with E-state index in [4.69, 9.17) is 27.9 Å². The zero-order valence-electron chi connectivity index (χ0n) is 14.6. The van der Waals surface area contributed by atoms with E-state index >= 15 is 0 Å². The number of benzene rings is 2. The van der Waals surface area contributed by atoms with E-state index in [1.54, 1.807) is 31.4 Å². The highest BCUT2D eigenvalue weighted by Crippen LogP contribution is 2.54. The van der Waals surface area contributed by atoms with E-state index in [9.17, 15) is 9.59 Å². The van der Waals surface area contributed by atoms with Crippen LogP contribution < -0.4 is 10.6 Å². The minimum absolute atomic E-state index is 0.137. The van der Waals surface area contributed by atoms with Gasteiger partial charge in [0.25, 0.3) is 0 Å². The summed E-state index contributed by atoms with van der Waals surface area (Å²) < 4.78 is 5.75. The molecular weight excluding hydrogens is 387 g/mol. The number of hydrogen-bond donors (Lipinski definition) is 2. The minimum atomic E-state index is -1.13. The van der Waals surface area contributed by atoms with Gasteiger partial charge < -0.3 is 15.4 Å². The second-order valence-electron chi connectivity index (χ2n) is 6.82. The molecule has 2 aromatic rings. The van der Waals surface area contributed by atoms with Gasteiger partial charge >= 0.3 is 0 Å². The smallest absolute Gasteiger partial charge is 0.238 e. The van der Waals surface area contributed by atoms with Crippen LogP contribution in [-0.4, -0.2) is 31.6 Å².